The lowest BCUT2D eigenvalue weighted by Gasteiger charge is -2.18. The maximum atomic E-state index is 11.9. The second kappa shape index (κ2) is 8.22. The maximum Gasteiger partial charge on any atom is 0.306 e. The van der Waals surface area contributed by atoms with Crippen LogP contribution in [-0.2, 0) is 16.0 Å². The number of carbonyl (C=O) groups excluding carboxylic acids is 1. The average molecular weight is 398 g/mol. The summed E-state index contributed by atoms with van der Waals surface area (Å²) in [6.45, 7) is 3.83. The van der Waals surface area contributed by atoms with Crippen LogP contribution in [0.1, 0.15) is 32.6 Å². The number of thiophene rings is 1. The Hall–Kier alpha value is -1.72. The summed E-state index contributed by atoms with van der Waals surface area (Å²) < 4.78 is 11.4. The molecule has 0 aliphatic rings. The SMILES string of the molecule is CC(C)[C@H](CC#N)OC(=O)CCc1nc(-c2cc(Br)cs2)no1. The van der Waals surface area contributed by atoms with Gasteiger partial charge in [0.2, 0.25) is 11.7 Å². The Morgan fingerprint density at radius 2 is 2.35 bits per heavy atom. The molecular weight excluding hydrogens is 382 g/mol. The molecule has 0 amide bonds. The van der Waals surface area contributed by atoms with Crippen molar-refractivity contribution in [1.82, 2.24) is 10.1 Å². The summed E-state index contributed by atoms with van der Waals surface area (Å²) in [6.07, 6.45) is 0.274. The Kier molecular flexibility index (Phi) is 6.30. The van der Waals surface area contributed by atoms with Gasteiger partial charge in [0.15, 0.2) is 0 Å². The number of carbonyl (C=O) groups is 1. The third-order valence-electron chi connectivity index (χ3n) is 3.12. The van der Waals surface area contributed by atoms with E-state index >= 15 is 0 Å². The van der Waals surface area contributed by atoms with Crippen molar-refractivity contribution in [3.63, 3.8) is 0 Å². The van der Waals surface area contributed by atoms with Gasteiger partial charge in [0.25, 0.3) is 0 Å². The largest absolute Gasteiger partial charge is 0.461 e. The third kappa shape index (κ3) is 5.15. The predicted molar refractivity (Wildman–Crippen MR) is 88.6 cm³/mol. The molecule has 0 spiro atoms. The fourth-order valence-corrected chi connectivity index (χ4v) is 3.18. The van der Waals surface area contributed by atoms with Gasteiger partial charge in [0.05, 0.1) is 23.8 Å². The Balaban J connectivity index is 1.87. The van der Waals surface area contributed by atoms with Gasteiger partial charge < -0.3 is 9.26 Å². The highest BCUT2D eigenvalue weighted by atomic mass is 79.9. The van der Waals surface area contributed by atoms with Gasteiger partial charge in [0.1, 0.15) is 6.10 Å². The van der Waals surface area contributed by atoms with Crippen molar-refractivity contribution >= 4 is 33.2 Å². The van der Waals surface area contributed by atoms with E-state index in [4.69, 9.17) is 14.5 Å². The van der Waals surface area contributed by atoms with E-state index in [1.54, 1.807) is 0 Å². The number of nitriles is 1. The van der Waals surface area contributed by atoms with Crippen molar-refractivity contribution in [3.8, 4) is 16.8 Å². The van der Waals surface area contributed by atoms with Crippen LogP contribution in [0, 0.1) is 17.2 Å². The summed E-state index contributed by atoms with van der Waals surface area (Å²) in [4.78, 5) is 17.0. The van der Waals surface area contributed by atoms with Crippen molar-refractivity contribution in [2.45, 2.75) is 39.2 Å². The van der Waals surface area contributed by atoms with Crippen LogP contribution in [0.25, 0.3) is 10.7 Å². The molecule has 0 fully saturated rings. The van der Waals surface area contributed by atoms with Crippen LogP contribution < -0.4 is 0 Å². The number of aromatic nitrogens is 2. The summed E-state index contributed by atoms with van der Waals surface area (Å²) in [7, 11) is 0. The van der Waals surface area contributed by atoms with E-state index in [1.165, 1.54) is 11.3 Å². The Morgan fingerprint density at radius 3 is 2.96 bits per heavy atom. The first-order valence-corrected chi connectivity index (χ1v) is 8.80. The zero-order chi connectivity index (χ0) is 16.8. The van der Waals surface area contributed by atoms with E-state index in [-0.39, 0.29) is 30.8 Å². The van der Waals surface area contributed by atoms with E-state index in [9.17, 15) is 4.79 Å². The van der Waals surface area contributed by atoms with Crippen LogP contribution in [0.2, 0.25) is 0 Å². The molecule has 1 atom stereocenters. The molecule has 2 heterocycles. The molecule has 6 nitrogen and oxygen atoms in total. The molecule has 0 N–H and O–H groups in total. The molecular formula is C15H16BrN3O3S. The highest BCUT2D eigenvalue weighted by Gasteiger charge is 2.19. The van der Waals surface area contributed by atoms with E-state index < -0.39 is 0 Å². The summed E-state index contributed by atoms with van der Waals surface area (Å²) in [5.41, 5.74) is 0. The van der Waals surface area contributed by atoms with Crippen LogP contribution >= 0.6 is 27.3 Å². The number of hydrogen-bond acceptors (Lipinski definition) is 7. The first-order chi connectivity index (χ1) is 11.0. The smallest absolute Gasteiger partial charge is 0.306 e. The molecule has 0 aromatic carbocycles. The van der Waals surface area contributed by atoms with E-state index in [2.05, 4.69) is 26.1 Å². The second-order valence-electron chi connectivity index (χ2n) is 5.28. The second-order valence-corrected chi connectivity index (χ2v) is 7.10. The highest BCUT2D eigenvalue weighted by Crippen LogP contribution is 2.27. The molecule has 0 radical (unpaired) electrons. The lowest BCUT2D eigenvalue weighted by Crippen LogP contribution is -2.23. The van der Waals surface area contributed by atoms with Gasteiger partial charge in [-0.25, -0.2) is 0 Å². The molecule has 23 heavy (non-hydrogen) atoms. The Morgan fingerprint density at radius 1 is 1.57 bits per heavy atom. The maximum absolute atomic E-state index is 11.9. The lowest BCUT2D eigenvalue weighted by atomic mass is 10.1. The molecule has 0 aliphatic carbocycles. The minimum absolute atomic E-state index is 0.103. The summed E-state index contributed by atoms with van der Waals surface area (Å²) in [5.74, 6) is 0.639. The molecule has 8 heteroatoms. The van der Waals surface area contributed by atoms with Gasteiger partial charge in [-0.3, -0.25) is 4.79 Å². The molecule has 0 aliphatic heterocycles. The first kappa shape index (κ1) is 17.6. The zero-order valence-electron chi connectivity index (χ0n) is 12.8. The normalized spacial score (nSPS) is 12.1. The monoisotopic (exact) mass is 397 g/mol. The average Bonchev–Trinajstić information content (AvgIpc) is 3.13. The van der Waals surface area contributed by atoms with Gasteiger partial charge in [-0.2, -0.15) is 10.2 Å². The predicted octanol–water partition coefficient (Wildman–Crippen LogP) is 3.97. The number of aryl methyl sites for hydroxylation is 1. The number of nitrogens with zero attached hydrogens (tertiary/aromatic N) is 3. The third-order valence-corrected chi connectivity index (χ3v) is 4.80. The van der Waals surface area contributed by atoms with Crippen LogP contribution in [0.5, 0.6) is 0 Å². The van der Waals surface area contributed by atoms with Crippen molar-refractivity contribution < 1.29 is 14.1 Å². The van der Waals surface area contributed by atoms with E-state index in [1.807, 2.05) is 31.4 Å². The van der Waals surface area contributed by atoms with Crippen LogP contribution in [0.3, 0.4) is 0 Å². The number of halogens is 1. The van der Waals surface area contributed by atoms with Gasteiger partial charge >= 0.3 is 5.97 Å². The van der Waals surface area contributed by atoms with Crippen molar-refractivity contribution in [2.24, 2.45) is 5.92 Å². The zero-order valence-corrected chi connectivity index (χ0v) is 15.2. The number of hydrogen-bond donors (Lipinski definition) is 0. The Bertz CT molecular complexity index is 705. The van der Waals surface area contributed by atoms with Gasteiger partial charge in [-0.1, -0.05) is 19.0 Å². The molecule has 122 valence electrons. The molecule has 0 saturated heterocycles. The van der Waals surface area contributed by atoms with Gasteiger partial charge in [-0.05, 0) is 27.9 Å². The quantitative estimate of drug-likeness (QED) is 0.656. The molecule has 2 rings (SSSR count). The highest BCUT2D eigenvalue weighted by molar-refractivity contribution is 9.10. The summed E-state index contributed by atoms with van der Waals surface area (Å²) >= 11 is 4.88. The van der Waals surface area contributed by atoms with Gasteiger partial charge in [0, 0.05) is 16.3 Å². The number of ether oxygens (including phenoxy) is 1. The molecule has 0 saturated carbocycles. The summed E-state index contributed by atoms with van der Waals surface area (Å²) in [5, 5.41) is 14.6. The molecule has 0 bridgehead atoms. The van der Waals surface area contributed by atoms with E-state index in [0.717, 1.165) is 9.35 Å². The lowest BCUT2D eigenvalue weighted by molar-refractivity contribution is -0.151. The van der Waals surface area contributed by atoms with Crippen LogP contribution in [0.4, 0.5) is 0 Å². The Labute approximate surface area is 146 Å². The van der Waals surface area contributed by atoms with E-state index in [0.29, 0.717) is 18.1 Å². The fourth-order valence-electron chi connectivity index (χ4n) is 1.83. The van der Waals surface area contributed by atoms with Crippen molar-refractivity contribution in [1.29, 1.82) is 5.26 Å². The molecule has 2 aromatic rings. The first-order valence-electron chi connectivity index (χ1n) is 7.13. The van der Waals surface area contributed by atoms with Crippen LogP contribution in [0.15, 0.2) is 20.4 Å². The van der Waals surface area contributed by atoms with Crippen LogP contribution in [-0.4, -0.2) is 22.2 Å². The minimum atomic E-state index is -0.380. The standard InChI is InChI=1S/C15H16BrN3O3S/c1-9(2)11(5-6-17)21-14(20)4-3-13-18-15(19-22-13)12-7-10(16)8-23-12/h7-9,11H,3-5H2,1-2H3/t11-/m0/s1. The molecule has 2 aromatic heterocycles. The van der Waals surface area contributed by atoms with Crippen molar-refractivity contribution in [2.75, 3.05) is 0 Å². The fraction of sp³-hybridized carbons (Fsp3) is 0.467. The minimum Gasteiger partial charge on any atom is -0.461 e. The van der Waals surface area contributed by atoms with Crippen molar-refractivity contribution in [3.05, 3.63) is 21.8 Å². The number of rotatable bonds is 7. The molecule has 0 unspecified atom stereocenters. The topological polar surface area (TPSA) is 89.0 Å². The number of esters is 1. The van der Waals surface area contributed by atoms with Gasteiger partial charge in [-0.15, -0.1) is 11.3 Å². The summed E-state index contributed by atoms with van der Waals surface area (Å²) in [6, 6.07) is 3.94.